The Labute approximate surface area is 128 Å². The fourth-order valence-corrected chi connectivity index (χ4v) is 3.13. The Morgan fingerprint density at radius 2 is 2.10 bits per heavy atom. The number of fused-ring (bicyclic) bond motifs is 1. The maximum Gasteiger partial charge on any atom is 0.131 e. The highest BCUT2D eigenvalue weighted by Crippen LogP contribution is 2.39. The van der Waals surface area contributed by atoms with Crippen molar-refractivity contribution in [1.82, 2.24) is 5.32 Å². The molecular weight excluding hydrogens is 289 g/mol. The molecule has 3 rings (SSSR count). The predicted molar refractivity (Wildman–Crippen MR) is 82.7 cm³/mol. The van der Waals surface area contributed by atoms with E-state index >= 15 is 0 Å². The summed E-state index contributed by atoms with van der Waals surface area (Å²) >= 11 is 6.21. The first-order chi connectivity index (χ1) is 10.1. The number of halogens is 2. The van der Waals surface area contributed by atoms with Crippen LogP contribution >= 0.6 is 11.6 Å². The van der Waals surface area contributed by atoms with Crippen LogP contribution in [-0.2, 0) is 6.42 Å². The van der Waals surface area contributed by atoms with E-state index in [1.54, 1.807) is 19.1 Å². The highest BCUT2D eigenvalue weighted by molar-refractivity contribution is 6.30. The Kier molecular flexibility index (Phi) is 3.87. The first kappa shape index (κ1) is 14.4. The molecule has 0 saturated heterocycles. The summed E-state index contributed by atoms with van der Waals surface area (Å²) in [7, 11) is 1.81. The number of nitrogens with one attached hydrogen (secondary N) is 1. The van der Waals surface area contributed by atoms with Gasteiger partial charge in [0.25, 0.3) is 0 Å². The molecule has 0 bridgehead atoms. The van der Waals surface area contributed by atoms with E-state index in [4.69, 9.17) is 16.3 Å². The van der Waals surface area contributed by atoms with Crippen LogP contribution in [0.15, 0.2) is 30.3 Å². The van der Waals surface area contributed by atoms with Crippen LogP contribution in [0.4, 0.5) is 4.39 Å². The zero-order chi connectivity index (χ0) is 15.0. The molecule has 0 amide bonds. The molecule has 21 heavy (non-hydrogen) atoms. The summed E-state index contributed by atoms with van der Waals surface area (Å²) in [5, 5.41) is 3.84. The summed E-state index contributed by atoms with van der Waals surface area (Å²) in [5.74, 6) is 0.642. The standard InChI is InChI=1S/C17H17ClFNO/c1-10-4-3-5-13(15(10)19)16(20-2)14-9-12(18)8-11-6-7-21-17(11)14/h3-5,8-9,16,20H,6-7H2,1-2H3. The molecule has 110 valence electrons. The van der Waals surface area contributed by atoms with Gasteiger partial charge in [-0.3, -0.25) is 0 Å². The van der Waals surface area contributed by atoms with E-state index in [9.17, 15) is 4.39 Å². The van der Waals surface area contributed by atoms with Crippen molar-refractivity contribution in [3.05, 3.63) is 63.4 Å². The highest BCUT2D eigenvalue weighted by atomic mass is 35.5. The monoisotopic (exact) mass is 305 g/mol. The van der Waals surface area contributed by atoms with Crippen LogP contribution in [0.3, 0.4) is 0 Å². The van der Waals surface area contributed by atoms with Crippen molar-refractivity contribution in [2.45, 2.75) is 19.4 Å². The molecule has 0 saturated carbocycles. The lowest BCUT2D eigenvalue weighted by Crippen LogP contribution is -2.20. The summed E-state index contributed by atoms with van der Waals surface area (Å²) in [4.78, 5) is 0. The van der Waals surface area contributed by atoms with E-state index in [0.29, 0.717) is 22.8 Å². The first-order valence-electron chi connectivity index (χ1n) is 6.99. The Hall–Kier alpha value is -1.58. The molecule has 1 atom stereocenters. The van der Waals surface area contributed by atoms with E-state index in [1.165, 1.54) is 0 Å². The molecule has 1 N–H and O–H groups in total. The molecule has 0 fully saturated rings. The normalized spacial score (nSPS) is 14.7. The van der Waals surface area contributed by atoms with Gasteiger partial charge in [-0.25, -0.2) is 4.39 Å². The lowest BCUT2D eigenvalue weighted by Gasteiger charge is -2.21. The Morgan fingerprint density at radius 3 is 2.86 bits per heavy atom. The summed E-state index contributed by atoms with van der Waals surface area (Å²) in [5.41, 5.74) is 3.22. The third-order valence-corrected chi connectivity index (χ3v) is 4.13. The Balaban J connectivity index is 2.15. The lowest BCUT2D eigenvalue weighted by molar-refractivity contribution is 0.350. The Bertz CT molecular complexity index is 687. The molecule has 4 heteroatoms. The van der Waals surface area contributed by atoms with Gasteiger partial charge in [-0.05, 0) is 37.2 Å². The number of benzene rings is 2. The van der Waals surface area contributed by atoms with Crippen molar-refractivity contribution < 1.29 is 9.13 Å². The van der Waals surface area contributed by atoms with E-state index in [1.807, 2.05) is 25.2 Å². The minimum Gasteiger partial charge on any atom is -0.493 e. The van der Waals surface area contributed by atoms with Gasteiger partial charge in [-0.2, -0.15) is 0 Å². The molecule has 0 aliphatic carbocycles. The molecule has 2 aromatic rings. The molecular formula is C17H17ClFNO. The largest absolute Gasteiger partial charge is 0.493 e. The van der Waals surface area contributed by atoms with Crippen molar-refractivity contribution in [3.63, 3.8) is 0 Å². The lowest BCUT2D eigenvalue weighted by atomic mass is 9.94. The summed E-state index contributed by atoms with van der Waals surface area (Å²) in [6.07, 6.45) is 0.843. The molecule has 0 radical (unpaired) electrons. The van der Waals surface area contributed by atoms with E-state index in [-0.39, 0.29) is 11.9 Å². The highest BCUT2D eigenvalue weighted by Gasteiger charge is 2.25. The fraction of sp³-hybridized carbons (Fsp3) is 0.294. The summed E-state index contributed by atoms with van der Waals surface area (Å²) < 4.78 is 20.2. The quantitative estimate of drug-likeness (QED) is 0.924. The zero-order valence-corrected chi connectivity index (χ0v) is 12.8. The molecule has 1 unspecified atom stereocenters. The van der Waals surface area contributed by atoms with Gasteiger partial charge in [0.1, 0.15) is 11.6 Å². The SMILES string of the molecule is CNC(c1cccc(C)c1F)c1cc(Cl)cc2c1OCC2. The minimum absolute atomic E-state index is 0.191. The van der Waals surface area contributed by atoms with Crippen LogP contribution in [0.25, 0.3) is 0 Å². The zero-order valence-electron chi connectivity index (χ0n) is 12.0. The first-order valence-corrected chi connectivity index (χ1v) is 7.37. The van der Waals surface area contributed by atoms with Crippen molar-refractivity contribution in [1.29, 1.82) is 0 Å². The van der Waals surface area contributed by atoms with Gasteiger partial charge in [-0.15, -0.1) is 0 Å². The predicted octanol–water partition coefficient (Wildman–Crippen LogP) is 4.03. The van der Waals surface area contributed by atoms with E-state index < -0.39 is 0 Å². The van der Waals surface area contributed by atoms with Crippen LogP contribution in [0.1, 0.15) is 28.3 Å². The Morgan fingerprint density at radius 1 is 1.29 bits per heavy atom. The van der Waals surface area contributed by atoms with Crippen molar-refractivity contribution in [2.75, 3.05) is 13.7 Å². The topological polar surface area (TPSA) is 21.3 Å². The number of aryl methyl sites for hydroxylation is 1. The average Bonchev–Trinajstić information content (AvgIpc) is 2.92. The van der Waals surface area contributed by atoms with Crippen LogP contribution < -0.4 is 10.1 Å². The third-order valence-electron chi connectivity index (χ3n) is 3.91. The van der Waals surface area contributed by atoms with Crippen LogP contribution in [0.5, 0.6) is 5.75 Å². The third kappa shape index (κ3) is 2.52. The van der Waals surface area contributed by atoms with Crippen LogP contribution in [-0.4, -0.2) is 13.7 Å². The second-order valence-electron chi connectivity index (χ2n) is 5.28. The number of ether oxygens (including phenoxy) is 1. The maximum absolute atomic E-state index is 14.5. The van der Waals surface area contributed by atoms with Crippen molar-refractivity contribution in [3.8, 4) is 5.75 Å². The molecule has 2 nitrogen and oxygen atoms in total. The second kappa shape index (κ2) is 5.66. The minimum atomic E-state index is -0.282. The van der Waals surface area contributed by atoms with E-state index in [2.05, 4.69) is 5.32 Å². The van der Waals surface area contributed by atoms with Gasteiger partial charge in [0.2, 0.25) is 0 Å². The number of hydrogen-bond acceptors (Lipinski definition) is 2. The van der Waals surface area contributed by atoms with E-state index in [0.717, 1.165) is 23.3 Å². The van der Waals surface area contributed by atoms with Gasteiger partial charge in [0, 0.05) is 22.6 Å². The molecule has 2 aromatic carbocycles. The number of rotatable bonds is 3. The maximum atomic E-state index is 14.5. The van der Waals surface area contributed by atoms with Gasteiger partial charge < -0.3 is 10.1 Å². The van der Waals surface area contributed by atoms with Crippen LogP contribution in [0.2, 0.25) is 5.02 Å². The molecule has 1 aliphatic rings. The average molecular weight is 306 g/mol. The van der Waals surface area contributed by atoms with Gasteiger partial charge in [0.15, 0.2) is 0 Å². The smallest absolute Gasteiger partial charge is 0.131 e. The second-order valence-corrected chi connectivity index (χ2v) is 5.72. The van der Waals surface area contributed by atoms with Crippen molar-refractivity contribution >= 4 is 11.6 Å². The molecule has 1 aliphatic heterocycles. The molecule has 1 heterocycles. The van der Waals surface area contributed by atoms with Crippen molar-refractivity contribution in [2.24, 2.45) is 0 Å². The summed E-state index contributed by atoms with van der Waals surface area (Å²) in [6.45, 7) is 2.42. The summed E-state index contributed by atoms with van der Waals surface area (Å²) in [6, 6.07) is 8.93. The number of hydrogen-bond donors (Lipinski definition) is 1. The van der Waals surface area contributed by atoms with Crippen LogP contribution in [0, 0.1) is 12.7 Å². The fourth-order valence-electron chi connectivity index (χ4n) is 2.88. The molecule has 0 spiro atoms. The van der Waals surface area contributed by atoms with Gasteiger partial charge >= 0.3 is 0 Å². The van der Waals surface area contributed by atoms with Gasteiger partial charge in [0.05, 0.1) is 12.6 Å². The molecule has 0 aromatic heterocycles. The van der Waals surface area contributed by atoms with Gasteiger partial charge in [-0.1, -0.05) is 29.8 Å².